The van der Waals surface area contributed by atoms with E-state index < -0.39 is 21.6 Å². The minimum Gasteiger partial charge on any atom is -0.410 e. The van der Waals surface area contributed by atoms with Crippen LogP contribution in [0.15, 0.2) is 23.4 Å². The minimum absolute atomic E-state index is 0.195. The molecule has 0 radical (unpaired) electrons. The Morgan fingerprint density at radius 3 is 2.71 bits per heavy atom. The molecule has 1 N–H and O–H groups in total. The van der Waals surface area contributed by atoms with Crippen LogP contribution in [0.25, 0.3) is 0 Å². The van der Waals surface area contributed by atoms with Gasteiger partial charge in [0.1, 0.15) is 5.82 Å². The second-order valence-electron chi connectivity index (χ2n) is 2.31. The Morgan fingerprint density at radius 2 is 2.29 bits per heavy atom. The van der Waals surface area contributed by atoms with Crippen LogP contribution in [0, 0.1) is 15.9 Å². The summed E-state index contributed by atoms with van der Waals surface area (Å²) in [4.78, 5) is 9.49. The van der Waals surface area contributed by atoms with Gasteiger partial charge in [-0.05, 0) is 6.07 Å². The number of oxime groups is 1. The summed E-state index contributed by atoms with van der Waals surface area (Å²) in [7, 11) is 0. The van der Waals surface area contributed by atoms with Gasteiger partial charge in [0.05, 0.1) is 16.6 Å². The number of nitro groups is 1. The summed E-state index contributed by atoms with van der Waals surface area (Å²) in [6.07, 6.45) is 0. The van der Waals surface area contributed by atoms with E-state index in [-0.39, 0.29) is 5.56 Å². The van der Waals surface area contributed by atoms with Crippen molar-refractivity contribution in [2.75, 3.05) is 0 Å². The lowest BCUT2D eigenvalue weighted by atomic mass is 10.2. The number of benzene rings is 1. The minimum atomic E-state index is -0.915. The normalized spacial score (nSPS) is 11.4. The summed E-state index contributed by atoms with van der Waals surface area (Å²) < 4.78 is 13.1. The van der Waals surface area contributed by atoms with Crippen LogP contribution in [-0.2, 0) is 0 Å². The summed E-state index contributed by atoms with van der Waals surface area (Å²) in [5.41, 5.74) is -0.589. The molecule has 14 heavy (non-hydrogen) atoms. The Labute approximate surface area is 82.6 Å². The lowest BCUT2D eigenvalue weighted by molar-refractivity contribution is -0.385. The number of non-ortho nitro benzene ring substituents is 1. The number of nitrogens with zero attached hydrogens (tertiary/aromatic N) is 2. The van der Waals surface area contributed by atoms with Gasteiger partial charge in [-0.25, -0.2) is 4.39 Å². The SMILES string of the molecule is O=[N+]([O-])c1ccc(C(Cl)=NO)c(F)c1. The van der Waals surface area contributed by atoms with Crippen LogP contribution < -0.4 is 0 Å². The van der Waals surface area contributed by atoms with Gasteiger partial charge in [-0.1, -0.05) is 16.8 Å². The van der Waals surface area contributed by atoms with E-state index in [1.54, 1.807) is 0 Å². The fourth-order valence-corrected chi connectivity index (χ4v) is 0.992. The summed E-state index contributed by atoms with van der Waals surface area (Å²) >= 11 is 5.32. The second-order valence-corrected chi connectivity index (χ2v) is 2.67. The third kappa shape index (κ3) is 1.97. The monoisotopic (exact) mass is 218 g/mol. The molecule has 1 aromatic rings. The molecule has 0 amide bonds. The predicted molar refractivity (Wildman–Crippen MR) is 47.2 cm³/mol. The van der Waals surface area contributed by atoms with Crippen molar-refractivity contribution < 1.29 is 14.5 Å². The highest BCUT2D eigenvalue weighted by Gasteiger charge is 2.13. The van der Waals surface area contributed by atoms with E-state index >= 15 is 0 Å². The molecule has 1 rings (SSSR count). The molecule has 0 aliphatic heterocycles. The molecule has 0 unspecified atom stereocenters. The average Bonchev–Trinajstić information content (AvgIpc) is 2.16. The maximum absolute atomic E-state index is 13.1. The van der Waals surface area contributed by atoms with E-state index in [4.69, 9.17) is 16.8 Å². The Kier molecular flexibility index (Phi) is 2.98. The van der Waals surface area contributed by atoms with Crippen molar-refractivity contribution >= 4 is 22.5 Å². The maximum Gasteiger partial charge on any atom is 0.272 e. The van der Waals surface area contributed by atoms with Crippen molar-refractivity contribution in [1.29, 1.82) is 0 Å². The predicted octanol–water partition coefficient (Wildman–Crippen LogP) is 2.11. The van der Waals surface area contributed by atoms with E-state index in [9.17, 15) is 14.5 Å². The Bertz CT molecular complexity index is 408. The summed E-state index contributed by atoms with van der Waals surface area (Å²) in [5.74, 6) is -0.915. The van der Waals surface area contributed by atoms with Gasteiger partial charge in [-0.15, -0.1) is 0 Å². The molecule has 0 aliphatic carbocycles. The van der Waals surface area contributed by atoms with Crippen LogP contribution in [0.1, 0.15) is 5.56 Å². The molecule has 0 aliphatic rings. The second kappa shape index (κ2) is 4.01. The average molecular weight is 219 g/mol. The van der Waals surface area contributed by atoms with Crippen molar-refractivity contribution in [3.05, 3.63) is 39.7 Å². The molecule has 1 aromatic carbocycles. The molecule has 74 valence electrons. The van der Waals surface area contributed by atoms with Gasteiger partial charge in [0.25, 0.3) is 5.69 Å². The Balaban J connectivity index is 3.20. The molecule has 7 heteroatoms. The first kappa shape index (κ1) is 10.4. The number of halogens is 2. The molecule has 5 nitrogen and oxygen atoms in total. The van der Waals surface area contributed by atoms with Crippen molar-refractivity contribution in [2.24, 2.45) is 5.16 Å². The van der Waals surface area contributed by atoms with Crippen LogP contribution >= 0.6 is 11.6 Å². The lowest BCUT2D eigenvalue weighted by Crippen LogP contribution is -1.97. The lowest BCUT2D eigenvalue weighted by Gasteiger charge is -1.98. The fraction of sp³-hybridized carbons (Fsp3) is 0. The molecular weight excluding hydrogens is 215 g/mol. The van der Waals surface area contributed by atoms with E-state index in [1.165, 1.54) is 0 Å². The standard InChI is InChI=1S/C7H4ClFN2O3/c8-7(10-12)5-2-1-4(11(13)14)3-6(5)9/h1-3,12H. The highest BCUT2D eigenvalue weighted by molar-refractivity contribution is 6.69. The molecule has 0 saturated carbocycles. The van der Waals surface area contributed by atoms with Crippen LogP contribution in [0.2, 0.25) is 0 Å². The van der Waals surface area contributed by atoms with E-state index in [0.717, 1.165) is 12.1 Å². The molecular formula is C7H4ClFN2O3. The van der Waals surface area contributed by atoms with Crippen LogP contribution in [-0.4, -0.2) is 15.3 Å². The van der Waals surface area contributed by atoms with Gasteiger partial charge >= 0.3 is 0 Å². The topological polar surface area (TPSA) is 75.7 Å². The van der Waals surface area contributed by atoms with Gasteiger partial charge < -0.3 is 5.21 Å². The number of hydrogen-bond acceptors (Lipinski definition) is 4. The largest absolute Gasteiger partial charge is 0.410 e. The molecule has 0 bridgehead atoms. The first-order valence-corrected chi connectivity index (χ1v) is 3.76. The van der Waals surface area contributed by atoms with Gasteiger partial charge in [0.2, 0.25) is 0 Å². The Morgan fingerprint density at radius 1 is 1.64 bits per heavy atom. The summed E-state index contributed by atoms with van der Waals surface area (Å²) in [6, 6.07) is 2.82. The third-order valence-corrected chi connectivity index (χ3v) is 1.75. The van der Waals surface area contributed by atoms with E-state index in [0.29, 0.717) is 6.07 Å². The zero-order valence-corrected chi connectivity index (χ0v) is 7.40. The van der Waals surface area contributed by atoms with Gasteiger partial charge in [0, 0.05) is 6.07 Å². The first-order chi connectivity index (χ1) is 6.56. The summed E-state index contributed by atoms with van der Waals surface area (Å²) in [6.45, 7) is 0. The van der Waals surface area contributed by atoms with Crippen molar-refractivity contribution in [3.8, 4) is 0 Å². The molecule has 0 aromatic heterocycles. The first-order valence-electron chi connectivity index (χ1n) is 3.38. The molecule has 0 fully saturated rings. The molecule has 0 heterocycles. The Hall–Kier alpha value is -1.69. The zero-order chi connectivity index (χ0) is 10.7. The van der Waals surface area contributed by atoms with Crippen molar-refractivity contribution in [3.63, 3.8) is 0 Å². The number of nitro benzene ring substituents is 1. The third-order valence-electron chi connectivity index (χ3n) is 1.47. The van der Waals surface area contributed by atoms with E-state index in [1.807, 2.05) is 0 Å². The smallest absolute Gasteiger partial charge is 0.272 e. The fourth-order valence-electron chi connectivity index (χ4n) is 0.839. The van der Waals surface area contributed by atoms with Crippen LogP contribution in [0.4, 0.5) is 10.1 Å². The molecule has 0 spiro atoms. The van der Waals surface area contributed by atoms with Crippen LogP contribution in [0.3, 0.4) is 0 Å². The quantitative estimate of drug-likeness (QED) is 0.357. The zero-order valence-electron chi connectivity index (χ0n) is 6.65. The van der Waals surface area contributed by atoms with Crippen molar-refractivity contribution in [1.82, 2.24) is 0 Å². The van der Waals surface area contributed by atoms with Crippen LogP contribution in [0.5, 0.6) is 0 Å². The summed E-state index contributed by atoms with van der Waals surface area (Å²) in [5, 5.41) is 20.6. The highest BCUT2D eigenvalue weighted by Crippen LogP contribution is 2.18. The van der Waals surface area contributed by atoms with Gasteiger partial charge in [0.15, 0.2) is 5.17 Å². The van der Waals surface area contributed by atoms with Crippen molar-refractivity contribution in [2.45, 2.75) is 0 Å². The molecule has 0 atom stereocenters. The number of hydrogen-bond donors (Lipinski definition) is 1. The van der Waals surface area contributed by atoms with E-state index in [2.05, 4.69) is 5.16 Å². The molecule has 0 saturated heterocycles. The maximum atomic E-state index is 13.1. The van der Waals surface area contributed by atoms with Gasteiger partial charge in [-0.3, -0.25) is 10.1 Å². The number of rotatable bonds is 2. The highest BCUT2D eigenvalue weighted by atomic mass is 35.5. The van der Waals surface area contributed by atoms with Gasteiger partial charge in [-0.2, -0.15) is 0 Å².